The van der Waals surface area contributed by atoms with E-state index in [2.05, 4.69) is 10.6 Å². The van der Waals surface area contributed by atoms with Gasteiger partial charge in [0.1, 0.15) is 0 Å². The van der Waals surface area contributed by atoms with Crippen LogP contribution in [0.25, 0.3) is 0 Å². The number of hydrogen-bond acceptors (Lipinski definition) is 2. The summed E-state index contributed by atoms with van der Waals surface area (Å²) in [5, 5.41) is 6.25. The molecule has 0 atom stereocenters. The Morgan fingerprint density at radius 3 is 2.11 bits per heavy atom. The van der Waals surface area contributed by atoms with E-state index in [-0.39, 0.29) is 11.8 Å². The van der Waals surface area contributed by atoms with E-state index in [0.717, 1.165) is 11.1 Å². The third kappa shape index (κ3) is 4.96. The second-order valence-corrected chi connectivity index (χ2v) is 6.57. The van der Waals surface area contributed by atoms with Crippen LogP contribution in [-0.2, 0) is 6.54 Å². The first-order valence-electron chi connectivity index (χ1n) is 8.52. The summed E-state index contributed by atoms with van der Waals surface area (Å²) in [6.45, 7) is 2.35. The van der Waals surface area contributed by atoms with Crippen molar-refractivity contribution in [2.75, 3.05) is 5.32 Å². The Balaban J connectivity index is 1.61. The zero-order valence-electron chi connectivity index (χ0n) is 14.8. The van der Waals surface area contributed by atoms with Gasteiger partial charge in [0.2, 0.25) is 0 Å². The van der Waals surface area contributed by atoms with Crippen LogP contribution in [0.3, 0.4) is 0 Å². The van der Waals surface area contributed by atoms with Gasteiger partial charge < -0.3 is 10.6 Å². The molecular formula is C22H19ClN2O2. The molecule has 3 rings (SSSR count). The minimum atomic E-state index is -0.258. The molecule has 0 heterocycles. The Labute approximate surface area is 163 Å². The van der Waals surface area contributed by atoms with E-state index in [1.807, 2.05) is 43.3 Å². The molecule has 0 radical (unpaired) electrons. The molecule has 0 fully saturated rings. The van der Waals surface area contributed by atoms with Gasteiger partial charge in [-0.2, -0.15) is 0 Å². The van der Waals surface area contributed by atoms with E-state index in [0.29, 0.717) is 28.4 Å². The lowest BCUT2D eigenvalue weighted by Gasteiger charge is -2.08. The summed E-state index contributed by atoms with van der Waals surface area (Å²) in [5.74, 6) is -0.442. The number of anilines is 1. The van der Waals surface area contributed by atoms with E-state index in [4.69, 9.17) is 11.6 Å². The van der Waals surface area contributed by atoms with Gasteiger partial charge in [0.15, 0.2) is 0 Å². The number of amides is 2. The van der Waals surface area contributed by atoms with Gasteiger partial charge in [-0.3, -0.25) is 9.59 Å². The van der Waals surface area contributed by atoms with Crippen LogP contribution in [0.4, 0.5) is 5.69 Å². The molecule has 3 aromatic carbocycles. The molecule has 0 saturated heterocycles. The zero-order valence-corrected chi connectivity index (χ0v) is 15.6. The van der Waals surface area contributed by atoms with Crippen molar-refractivity contribution in [3.05, 3.63) is 100 Å². The van der Waals surface area contributed by atoms with Crippen LogP contribution in [0.2, 0.25) is 5.02 Å². The Morgan fingerprint density at radius 1 is 0.852 bits per heavy atom. The summed E-state index contributed by atoms with van der Waals surface area (Å²) < 4.78 is 0. The number of benzene rings is 3. The second-order valence-electron chi connectivity index (χ2n) is 6.16. The van der Waals surface area contributed by atoms with Crippen molar-refractivity contribution < 1.29 is 9.59 Å². The molecule has 5 heteroatoms. The number of aryl methyl sites for hydroxylation is 1. The third-order valence-electron chi connectivity index (χ3n) is 4.13. The molecule has 0 bridgehead atoms. The average Bonchev–Trinajstić information content (AvgIpc) is 2.70. The Kier molecular flexibility index (Phi) is 5.89. The summed E-state index contributed by atoms with van der Waals surface area (Å²) in [6.07, 6.45) is 0. The van der Waals surface area contributed by atoms with Gasteiger partial charge in [-0.05, 0) is 54.4 Å². The summed E-state index contributed by atoms with van der Waals surface area (Å²) in [4.78, 5) is 24.6. The third-order valence-corrected chi connectivity index (χ3v) is 4.54. The maximum atomic E-state index is 12.3. The van der Waals surface area contributed by atoms with Crippen LogP contribution in [0.15, 0.2) is 72.8 Å². The number of carbonyl (C=O) groups is 2. The van der Waals surface area contributed by atoms with Gasteiger partial charge in [0.05, 0.1) is 0 Å². The van der Waals surface area contributed by atoms with Crippen LogP contribution in [0, 0.1) is 6.92 Å². The van der Waals surface area contributed by atoms with Crippen molar-refractivity contribution in [1.82, 2.24) is 5.32 Å². The molecule has 4 nitrogen and oxygen atoms in total. The lowest BCUT2D eigenvalue weighted by Crippen LogP contribution is -2.22. The number of rotatable bonds is 5. The standard InChI is InChI=1S/C22H19ClN2O2/c1-15-7-12-19(13-20(15)23)25-22(27)18-10-8-17(9-11-18)21(26)24-14-16-5-3-2-4-6-16/h2-13H,14H2,1H3,(H,24,26)(H,25,27). The van der Waals surface area contributed by atoms with E-state index >= 15 is 0 Å². The Morgan fingerprint density at radius 2 is 1.48 bits per heavy atom. The topological polar surface area (TPSA) is 58.2 Å². The number of hydrogen-bond donors (Lipinski definition) is 2. The maximum Gasteiger partial charge on any atom is 0.255 e. The van der Waals surface area contributed by atoms with E-state index in [1.165, 1.54) is 0 Å². The second kappa shape index (κ2) is 8.52. The normalized spacial score (nSPS) is 10.3. The number of carbonyl (C=O) groups excluding carboxylic acids is 2. The first kappa shape index (κ1) is 18.7. The van der Waals surface area contributed by atoms with Gasteiger partial charge in [0.25, 0.3) is 11.8 Å². The van der Waals surface area contributed by atoms with Crippen molar-refractivity contribution in [2.45, 2.75) is 13.5 Å². The predicted octanol–water partition coefficient (Wildman–Crippen LogP) is 4.83. The van der Waals surface area contributed by atoms with Crippen molar-refractivity contribution in [2.24, 2.45) is 0 Å². The minimum absolute atomic E-state index is 0.184. The minimum Gasteiger partial charge on any atom is -0.348 e. The summed E-state index contributed by atoms with van der Waals surface area (Å²) in [6, 6.07) is 21.6. The fourth-order valence-electron chi connectivity index (χ4n) is 2.53. The highest BCUT2D eigenvalue weighted by molar-refractivity contribution is 6.31. The monoisotopic (exact) mass is 378 g/mol. The first-order valence-corrected chi connectivity index (χ1v) is 8.90. The maximum absolute atomic E-state index is 12.3. The molecule has 136 valence electrons. The molecule has 0 unspecified atom stereocenters. The molecule has 0 aliphatic rings. The average molecular weight is 379 g/mol. The van der Waals surface area contributed by atoms with Crippen LogP contribution in [0.1, 0.15) is 31.8 Å². The van der Waals surface area contributed by atoms with Crippen molar-refractivity contribution >= 4 is 29.1 Å². The predicted molar refractivity (Wildman–Crippen MR) is 108 cm³/mol. The molecule has 2 amide bonds. The van der Waals surface area contributed by atoms with Gasteiger partial charge in [0, 0.05) is 28.4 Å². The molecule has 0 aliphatic heterocycles. The highest BCUT2D eigenvalue weighted by Crippen LogP contribution is 2.20. The lowest BCUT2D eigenvalue weighted by molar-refractivity contribution is 0.0949. The SMILES string of the molecule is Cc1ccc(NC(=O)c2ccc(C(=O)NCc3ccccc3)cc2)cc1Cl. The molecule has 3 aromatic rings. The van der Waals surface area contributed by atoms with Gasteiger partial charge >= 0.3 is 0 Å². The summed E-state index contributed by atoms with van der Waals surface area (Å²) in [5.41, 5.74) is 3.56. The first-order chi connectivity index (χ1) is 13.0. The van der Waals surface area contributed by atoms with Gasteiger partial charge in [-0.15, -0.1) is 0 Å². The summed E-state index contributed by atoms with van der Waals surface area (Å²) >= 11 is 6.08. The smallest absolute Gasteiger partial charge is 0.255 e. The van der Waals surface area contributed by atoms with E-state index < -0.39 is 0 Å². The highest BCUT2D eigenvalue weighted by atomic mass is 35.5. The van der Waals surface area contributed by atoms with Crippen LogP contribution in [0.5, 0.6) is 0 Å². The Bertz CT molecular complexity index is 954. The molecule has 2 N–H and O–H groups in total. The Hall–Kier alpha value is -3.11. The van der Waals surface area contributed by atoms with Crippen molar-refractivity contribution in [3.8, 4) is 0 Å². The summed E-state index contributed by atoms with van der Waals surface area (Å²) in [7, 11) is 0. The molecule has 0 aliphatic carbocycles. The highest BCUT2D eigenvalue weighted by Gasteiger charge is 2.10. The quantitative estimate of drug-likeness (QED) is 0.668. The van der Waals surface area contributed by atoms with Crippen molar-refractivity contribution in [3.63, 3.8) is 0 Å². The lowest BCUT2D eigenvalue weighted by atomic mass is 10.1. The fourth-order valence-corrected chi connectivity index (χ4v) is 2.71. The molecular weight excluding hydrogens is 360 g/mol. The molecule has 27 heavy (non-hydrogen) atoms. The van der Waals surface area contributed by atoms with Gasteiger partial charge in [-0.25, -0.2) is 0 Å². The molecule has 0 spiro atoms. The van der Waals surface area contributed by atoms with Crippen LogP contribution in [-0.4, -0.2) is 11.8 Å². The van der Waals surface area contributed by atoms with Crippen molar-refractivity contribution in [1.29, 1.82) is 0 Å². The molecule has 0 aromatic heterocycles. The van der Waals surface area contributed by atoms with E-state index in [1.54, 1.807) is 36.4 Å². The van der Waals surface area contributed by atoms with Crippen LogP contribution < -0.4 is 10.6 Å². The van der Waals surface area contributed by atoms with E-state index in [9.17, 15) is 9.59 Å². The molecule has 0 saturated carbocycles. The van der Waals surface area contributed by atoms with Gasteiger partial charge in [-0.1, -0.05) is 48.0 Å². The largest absolute Gasteiger partial charge is 0.348 e. The van der Waals surface area contributed by atoms with Crippen LogP contribution >= 0.6 is 11.6 Å². The number of nitrogens with one attached hydrogen (secondary N) is 2. The zero-order chi connectivity index (χ0) is 19.2. The fraction of sp³-hybridized carbons (Fsp3) is 0.0909. The number of halogens is 1.